The summed E-state index contributed by atoms with van der Waals surface area (Å²) in [7, 11) is 0. The second-order valence-corrected chi connectivity index (χ2v) is 4.26. The Balaban J connectivity index is 2.94. The lowest BCUT2D eigenvalue weighted by Gasteiger charge is -2.15. The Labute approximate surface area is 110 Å². The van der Waals surface area contributed by atoms with Crippen LogP contribution in [0.5, 0.6) is 5.75 Å². The summed E-state index contributed by atoms with van der Waals surface area (Å²) in [6.45, 7) is 2.25. The molecule has 3 nitrogen and oxygen atoms in total. The molecule has 0 aliphatic carbocycles. The van der Waals surface area contributed by atoms with Crippen LogP contribution in [0.4, 0.5) is 13.2 Å². The minimum atomic E-state index is -4.73. The monoisotopic (exact) mass is 277 g/mol. The van der Waals surface area contributed by atoms with Crippen molar-refractivity contribution in [1.82, 2.24) is 0 Å². The molecule has 0 spiro atoms. The highest BCUT2D eigenvalue weighted by atomic mass is 19.4. The highest BCUT2D eigenvalue weighted by molar-refractivity contribution is 5.35. The van der Waals surface area contributed by atoms with E-state index < -0.39 is 12.5 Å². The molecule has 1 atom stereocenters. The number of aliphatic hydroxyl groups excluding tert-OH is 1. The van der Waals surface area contributed by atoms with Crippen LogP contribution in [0.15, 0.2) is 18.2 Å². The maximum atomic E-state index is 12.2. The lowest BCUT2D eigenvalue weighted by molar-refractivity contribution is -0.274. The molecule has 0 amide bonds. The van der Waals surface area contributed by atoms with Gasteiger partial charge in [0, 0.05) is 0 Å². The zero-order valence-electron chi connectivity index (χ0n) is 10.7. The molecule has 0 saturated heterocycles. The number of hydrogen-bond acceptors (Lipinski definition) is 3. The van der Waals surface area contributed by atoms with Crippen LogP contribution in [0.1, 0.15) is 37.0 Å². The second kappa shape index (κ2) is 6.77. The van der Waals surface area contributed by atoms with E-state index >= 15 is 0 Å². The van der Waals surface area contributed by atoms with Crippen molar-refractivity contribution in [3.63, 3.8) is 0 Å². The Hall–Kier alpha value is -1.27. The van der Waals surface area contributed by atoms with E-state index in [1.165, 1.54) is 12.1 Å². The second-order valence-electron chi connectivity index (χ2n) is 4.26. The lowest BCUT2D eigenvalue weighted by Crippen LogP contribution is -2.17. The first-order valence-electron chi connectivity index (χ1n) is 6.13. The molecule has 0 fully saturated rings. The first-order chi connectivity index (χ1) is 8.85. The molecular formula is C13H18F3NO2. The van der Waals surface area contributed by atoms with Gasteiger partial charge in [0.2, 0.25) is 0 Å². The highest BCUT2D eigenvalue weighted by Gasteiger charge is 2.31. The average Bonchev–Trinajstić information content (AvgIpc) is 2.33. The van der Waals surface area contributed by atoms with Crippen LogP contribution >= 0.6 is 0 Å². The fourth-order valence-corrected chi connectivity index (χ4v) is 1.75. The summed E-state index contributed by atoms with van der Waals surface area (Å²) in [5, 5.41) is 9.90. The summed E-state index contributed by atoms with van der Waals surface area (Å²) in [5.41, 5.74) is 6.45. The van der Waals surface area contributed by atoms with Gasteiger partial charge < -0.3 is 15.6 Å². The van der Waals surface area contributed by atoms with E-state index in [0.29, 0.717) is 36.9 Å². The molecule has 1 aromatic rings. The Bertz CT molecular complexity index is 407. The number of rotatable bonds is 6. The Morgan fingerprint density at radius 2 is 2.00 bits per heavy atom. The number of ether oxygens (including phenoxy) is 1. The Kier molecular flexibility index (Phi) is 5.62. The minimum Gasteiger partial charge on any atom is -0.406 e. The van der Waals surface area contributed by atoms with E-state index in [4.69, 9.17) is 5.73 Å². The molecule has 108 valence electrons. The minimum absolute atomic E-state index is 0.298. The van der Waals surface area contributed by atoms with Gasteiger partial charge in [-0.15, -0.1) is 13.2 Å². The summed E-state index contributed by atoms with van der Waals surface area (Å²) in [5.74, 6) is -0.298. The quantitative estimate of drug-likeness (QED) is 0.840. The van der Waals surface area contributed by atoms with Gasteiger partial charge in [-0.05, 0) is 49.1 Å². The molecule has 0 saturated carbocycles. The third kappa shape index (κ3) is 5.48. The van der Waals surface area contributed by atoms with E-state index in [-0.39, 0.29) is 5.75 Å². The summed E-state index contributed by atoms with van der Waals surface area (Å²) in [4.78, 5) is 0. The Morgan fingerprint density at radius 1 is 1.32 bits per heavy atom. The van der Waals surface area contributed by atoms with Gasteiger partial charge in [-0.2, -0.15) is 0 Å². The van der Waals surface area contributed by atoms with Crippen LogP contribution < -0.4 is 10.5 Å². The fourth-order valence-electron chi connectivity index (χ4n) is 1.75. The SMILES string of the molecule is CCc1cc(OC(F)(F)F)cc([C@@H](O)CCCN)c1. The summed E-state index contributed by atoms with van der Waals surface area (Å²) >= 11 is 0. The number of halogens is 3. The fraction of sp³-hybridized carbons (Fsp3) is 0.538. The Morgan fingerprint density at radius 3 is 2.53 bits per heavy atom. The molecule has 0 aliphatic rings. The first kappa shape index (κ1) is 15.8. The molecule has 3 N–H and O–H groups in total. The average molecular weight is 277 g/mol. The molecule has 1 rings (SSSR count). The largest absolute Gasteiger partial charge is 0.573 e. The van der Waals surface area contributed by atoms with Crippen LogP contribution in [-0.2, 0) is 6.42 Å². The van der Waals surface area contributed by atoms with Crippen molar-refractivity contribution in [2.75, 3.05) is 6.54 Å². The summed E-state index contributed by atoms with van der Waals surface area (Å²) in [6.07, 6.45) is -3.98. The van der Waals surface area contributed by atoms with E-state index in [1.807, 2.05) is 6.92 Å². The molecular weight excluding hydrogens is 259 g/mol. The van der Waals surface area contributed by atoms with Gasteiger partial charge in [0.15, 0.2) is 0 Å². The number of aliphatic hydroxyl groups is 1. The molecule has 0 aromatic heterocycles. The van der Waals surface area contributed by atoms with E-state index in [1.54, 1.807) is 6.07 Å². The van der Waals surface area contributed by atoms with E-state index in [2.05, 4.69) is 4.74 Å². The van der Waals surface area contributed by atoms with Crippen LogP contribution in [-0.4, -0.2) is 18.0 Å². The number of alkyl halides is 3. The van der Waals surface area contributed by atoms with Crippen LogP contribution in [0.3, 0.4) is 0 Å². The van der Waals surface area contributed by atoms with Crippen LogP contribution in [0.25, 0.3) is 0 Å². The van der Waals surface area contributed by atoms with Crippen molar-refractivity contribution < 1.29 is 23.0 Å². The van der Waals surface area contributed by atoms with Gasteiger partial charge in [0.05, 0.1) is 6.10 Å². The van der Waals surface area contributed by atoms with E-state index in [9.17, 15) is 18.3 Å². The molecule has 0 heterocycles. The first-order valence-corrected chi connectivity index (χ1v) is 6.13. The van der Waals surface area contributed by atoms with Gasteiger partial charge in [-0.3, -0.25) is 0 Å². The molecule has 1 aromatic carbocycles. The van der Waals surface area contributed by atoms with E-state index in [0.717, 1.165) is 0 Å². The maximum Gasteiger partial charge on any atom is 0.573 e. The van der Waals surface area contributed by atoms with Gasteiger partial charge in [0.1, 0.15) is 5.75 Å². The predicted molar refractivity (Wildman–Crippen MR) is 65.8 cm³/mol. The number of hydrogen-bond donors (Lipinski definition) is 2. The van der Waals surface area contributed by atoms with Crippen LogP contribution in [0, 0.1) is 0 Å². The molecule has 19 heavy (non-hydrogen) atoms. The molecule has 0 unspecified atom stereocenters. The van der Waals surface area contributed by atoms with Crippen molar-refractivity contribution >= 4 is 0 Å². The van der Waals surface area contributed by atoms with Gasteiger partial charge >= 0.3 is 6.36 Å². The van der Waals surface area contributed by atoms with Crippen LogP contribution in [0.2, 0.25) is 0 Å². The molecule has 0 radical (unpaired) electrons. The molecule has 0 aliphatic heterocycles. The zero-order valence-corrected chi connectivity index (χ0v) is 10.7. The summed E-state index contributed by atoms with van der Waals surface area (Å²) < 4.78 is 40.5. The van der Waals surface area contributed by atoms with Crippen molar-refractivity contribution in [3.05, 3.63) is 29.3 Å². The molecule has 0 bridgehead atoms. The number of nitrogens with two attached hydrogens (primary N) is 1. The highest BCUT2D eigenvalue weighted by Crippen LogP contribution is 2.29. The van der Waals surface area contributed by atoms with Crippen molar-refractivity contribution in [2.45, 2.75) is 38.7 Å². The van der Waals surface area contributed by atoms with Gasteiger partial charge in [-0.1, -0.05) is 13.0 Å². The topological polar surface area (TPSA) is 55.5 Å². The smallest absolute Gasteiger partial charge is 0.406 e. The molecule has 6 heteroatoms. The lowest BCUT2D eigenvalue weighted by atomic mass is 10.0. The van der Waals surface area contributed by atoms with Crippen molar-refractivity contribution in [3.8, 4) is 5.75 Å². The van der Waals surface area contributed by atoms with Gasteiger partial charge in [0.25, 0.3) is 0 Å². The number of benzene rings is 1. The van der Waals surface area contributed by atoms with Crippen molar-refractivity contribution in [1.29, 1.82) is 0 Å². The normalized spacial score (nSPS) is 13.4. The third-order valence-electron chi connectivity index (χ3n) is 2.70. The van der Waals surface area contributed by atoms with Crippen molar-refractivity contribution in [2.24, 2.45) is 5.73 Å². The summed E-state index contributed by atoms with van der Waals surface area (Å²) in [6, 6.07) is 4.23. The maximum absolute atomic E-state index is 12.2. The third-order valence-corrected chi connectivity index (χ3v) is 2.70. The van der Waals surface area contributed by atoms with Gasteiger partial charge in [-0.25, -0.2) is 0 Å². The number of aryl methyl sites for hydroxylation is 1. The zero-order chi connectivity index (χ0) is 14.5. The standard InChI is InChI=1S/C13H18F3NO2/c1-2-9-6-10(12(18)4-3-5-17)8-11(7-9)19-13(14,15)16/h6-8,12,18H,2-5,17H2,1H3/t12-/m0/s1. The predicted octanol–water partition coefficient (Wildman–Crippen LogP) is 2.92.